The van der Waals surface area contributed by atoms with Gasteiger partial charge in [-0.25, -0.2) is 4.79 Å². The number of rotatable bonds is 2. The van der Waals surface area contributed by atoms with E-state index in [9.17, 15) is 14.7 Å². The first-order chi connectivity index (χ1) is 9.61. The van der Waals surface area contributed by atoms with E-state index in [1.807, 2.05) is 12.1 Å². The van der Waals surface area contributed by atoms with E-state index in [2.05, 4.69) is 5.32 Å². The molecule has 20 heavy (non-hydrogen) atoms. The number of benzene rings is 1. The van der Waals surface area contributed by atoms with Crippen LogP contribution in [0.25, 0.3) is 0 Å². The Morgan fingerprint density at radius 1 is 1.30 bits per heavy atom. The molecular formula is C15H13NO4. The minimum atomic E-state index is -1.07. The van der Waals surface area contributed by atoms with Crippen LogP contribution in [0.3, 0.4) is 0 Å². The molecule has 1 aliphatic heterocycles. The number of ether oxygens (including phenoxy) is 1. The van der Waals surface area contributed by atoms with Gasteiger partial charge in [0.2, 0.25) is 0 Å². The van der Waals surface area contributed by atoms with Gasteiger partial charge in [-0.2, -0.15) is 0 Å². The number of ketones is 1. The molecule has 0 aromatic heterocycles. The molecule has 0 bridgehead atoms. The lowest BCUT2D eigenvalue weighted by Gasteiger charge is -2.33. The lowest BCUT2D eigenvalue weighted by Crippen LogP contribution is -2.40. The first-order valence-corrected chi connectivity index (χ1v) is 6.23. The maximum atomic E-state index is 12.5. The zero-order valence-corrected chi connectivity index (χ0v) is 10.8. The van der Waals surface area contributed by atoms with Crippen LogP contribution in [0.5, 0.6) is 0 Å². The number of aliphatic carboxylic acids is 1. The summed E-state index contributed by atoms with van der Waals surface area (Å²) in [5, 5.41) is 12.4. The Morgan fingerprint density at radius 2 is 2.05 bits per heavy atom. The Morgan fingerprint density at radius 3 is 2.75 bits per heavy atom. The first kappa shape index (κ1) is 12.5. The summed E-state index contributed by atoms with van der Waals surface area (Å²) in [5.74, 6) is -1.31. The fraction of sp³-hybridized carbons (Fsp3) is 0.200. The number of para-hydroxylation sites is 1. The van der Waals surface area contributed by atoms with Crippen LogP contribution in [-0.2, 0) is 9.53 Å². The van der Waals surface area contributed by atoms with Crippen molar-refractivity contribution in [3.8, 4) is 0 Å². The van der Waals surface area contributed by atoms with Gasteiger partial charge in [-0.3, -0.25) is 4.79 Å². The van der Waals surface area contributed by atoms with Crippen LogP contribution in [0.15, 0.2) is 47.7 Å². The fourth-order valence-electron chi connectivity index (χ4n) is 2.63. The maximum absolute atomic E-state index is 12.5. The quantitative estimate of drug-likeness (QED) is 0.858. The smallest absolute Gasteiger partial charge is 0.339 e. The number of methoxy groups -OCH3 is 1. The summed E-state index contributed by atoms with van der Waals surface area (Å²) >= 11 is 0. The summed E-state index contributed by atoms with van der Waals surface area (Å²) in [7, 11) is 1.40. The number of Topliss-reactive ketones (excluding diaryl/α,β-unsaturated/α-hetero) is 1. The first-order valence-electron chi connectivity index (χ1n) is 6.23. The molecule has 2 unspecified atom stereocenters. The van der Waals surface area contributed by atoms with Gasteiger partial charge >= 0.3 is 5.97 Å². The molecule has 2 N–H and O–H groups in total. The molecular weight excluding hydrogens is 258 g/mol. The van der Waals surface area contributed by atoms with Crippen molar-refractivity contribution in [2.24, 2.45) is 5.92 Å². The van der Waals surface area contributed by atoms with Crippen LogP contribution < -0.4 is 5.32 Å². The van der Waals surface area contributed by atoms with Crippen molar-refractivity contribution in [2.45, 2.75) is 6.04 Å². The monoisotopic (exact) mass is 271 g/mol. The molecule has 1 aromatic rings. The normalized spacial score (nSPS) is 23.8. The molecule has 2 aliphatic rings. The SMILES string of the molecule is COC1=CC2C(=O)c3ccccc3NC2C=C1C(=O)O. The van der Waals surface area contributed by atoms with Crippen LogP contribution in [0.2, 0.25) is 0 Å². The number of nitrogens with one attached hydrogen (secondary N) is 1. The number of carboxylic acids is 1. The molecule has 5 heteroatoms. The average Bonchev–Trinajstić information content (AvgIpc) is 2.46. The summed E-state index contributed by atoms with van der Waals surface area (Å²) in [4.78, 5) is 23.7. The highest BCUT2D eigenvalue weighted by Gasteiger charge is 2.37. The van der Waals surface area contributed by atoms with Crippen molar-refractivity contribution >= 4 is 17.4 Å². The van der Waals surface area contributed by atoms with Gasteiger partial charge in [0.15, 0.2) is 5.78 Å². The van der Waals surface area contributed by atoms with Gasteiger partial charge in [-0.1, -0.05) is 12.1 Å². The lowest BCUT2D eigenvalue weighted by atomic mass is 9.81. The molecule has 0 fully saturated rings. The second-order valence-electron chi connectivity index (χ2n) is 4.73. The summed E-state index contributed by atoms with van der Waals surface area (Å²) < 4.78 is 5.08. The Hall–Kier alpha value is -2.56. The summed E-state index contributed by atoms with van der Waals surface area (Å²) in [6.45, 7) is 0. The van der Waals surface area contributed by atoms with Gasteiger partial charge in [0.25, 0.3) is 0 Å². The second-order valence-corrected chi connectivity index (χ2v) is 4.73. The van der Waals surface area contributed by atoms with E-state index >= 15 is 0 Å². The van der Waals surface area contributed by atoms with Gasteiger partial charge in [0.05, 0.1) is 24.6 Å². The summed E-state index contributed by atoms with van der Waals surface area (Å²) in [6.07, 6.45) is 3.12. The minimum Gasteiger partial charge on any atom is -0.496 e. The van der Waals surface area contributed by atoms with E-state index in [1.165, 1.54) is 7.11 Å². The molecule has 0 saturated carbocycles. The minimum absolute atomic E-state index is 0.0282. The van der Waals surface area contributed by atoms with Gasteiger partial charge in [-0.15, -0.1) is 0 Å². The molecule has 3 rings (SSSR count). The Labute approximate surface area is 115 Å². The van der Waals surface area contributed by atoms with Gasteiger partial charge < -0.3 is 15.2 Å². The number of carboxylic acid groups (broad SMARTS) is 1. The number of hydrogen-bond acceptors (Lipinski definition) is 4. The number of carbonyl (C=O) groups is 2. The highest BCUT2D eigenvalue weighted by molar-refractivity contribution is 6.07. The van der Waals surface area contributed by atoms with Crippen LogP contribution in [-0.4, -0.2) is 30.0 Å². The lowest BCUT2D eigenvalue weighted by molar-refractivity contribution is -0.132. The molecule has 0 spiro atoms. The van der Waals surface area contributed by atoms with E-state index in [-0.39, 0.29) is 23.2 Å². The van der Waals surface area contributed by atoms with Crippen molar-refractivity contribution in [1.82, 2.24) is 0 Å². The van der Waals surface area contributed by atoms with Gasteiger partial charge in [0.1, 0.15) is 5.76 Å². The van der Waals surface area contributed by atoms with Crippen LogP contribution >= 0.6 is 0 Å². The number of fused-ring (bicyclic) bond motifs is 2. The summed E-state index contributed by atoms with van der Waals surface area (Å²) in [6, 6.07) is 6.86. The highest BCUT2D eigenvalue weighted by Crippen LogP contribution is 2.34. The molecule has 102 valence electrons. The van der Waals surface area contributed by atoms with E-state index in [0.717, 1.165) is 5.69 Å². The van der Waals surface area contributed by atoms with E-state index < -0.39 is 11.9 Å². The molecule has 5 nitrogen and oxygen atoms in total. The maximum Gasteiger partial charge on any atom is 0.339 e. The van der Waals surface area contributed by atoms with Crippen molar-refractivity contribution in [3.63, 3.8) is 0 Å². The molecule has 0 radical (unpaired) electrons. The fourth-order valence-corrected chi connectivity index (χ4v) is 2.63. The number of anilines is 1. The number of carbonyl (C=O) groups excluding carboxylic acids is 1. The molecule has 0 saturated heterocycles. The number of hydrogen-bond donors (Lipinski definition) is 2. The van der Waals surface area contributed by atoms with Gasteiger partial charge in [-0.05, 0) is 24.3 Å². The molecule has 0 amide bonds. The van der Waals surface area contributed by atoms with Gasteiger partial charge in [0, 0.05) is 11.3 Å². The van der Waals surface area contributed by atoms with Crippen molar-refractivity contribution in [2.75, 3.05) is 12.4 Å². The Kier molecular flexibility index (Phi) is 2.82. The molecule has 1 heterocycles. The third kappa shape index (κ3) is 1.79. The van der Waals surface area contributed by atoms with E-state index in [1.54, 1.807) is 24.3 Å². The zero-order chi connectivity index (χ0) is 14.3. The van der Waals surface area contributed by atoms with Crippen molar-refractivity contribution in [3.05, 3.63) is 53.3 Å². The van der Waals surface area contributed by atoms with E-state index in [4.69, 9.17) is 4.74 Å². The largest absolute Gasteiger partial charge is 0.496 e. The predicted octanol–water partition coefficient (Wildman–Crippen LogP) is 1.83. The topological polar surface area (TPSA) is 75.6 Å². The highest BCUT2D eigenvalue weighted by atomic mass is 16.5. The predicted molar refractivity (Wildman–Crippen MR) is 72.5 cm³/mol. The van der Waals surface area contributed by atoms with Crippen molar-refractivity contribution < 1.29 is 19.4 Å². The van der Waals surface area contributed by atoms with Crippen LogP contribution in [0.4, 0.5) is 5.69 Å². The van der Waals surface area contributed by atoms with Crippen LogP contribution in [0.1, 0.15) is 10.4 Å². The molecule has 2 atom stereocenters. The Balaban J connectivity index is 2.07. The molecule has 1 aromatic carbocycles. The zero-order valence-electron chi connectivity index (χ0n) is 10.8. The van der Waals surface area contributed by atoms with Crippen molar-refractivity contribution in [1.29, 1.82) is 0 Å². The van der Waals surface area contributed by atoms with E-state index in [0.29, 0.717) is 5.56 Å². The third-order valence-corrected chi connectivity index (χ3v) is 3.60. The third-order valence-electron chi connectivity index (χ3n) is 3.60. The molecule has 1 aliphatic carbocycles. The second kappa shape index (κ2) is 4.52. The van der Waals surface area contributed by atoms with Crippen LogP contribution in [0, 0.1) is 5.92 Å². The Bertz CT molecular complexity index is 660. The summed E-state index contributed by atoms with van der Waals surface area (Å²) in [5.41, 5.74) is 1.43. The average molecular weight is 271 g/mol. The standard InChI is InChI=1S/C15H13NO4/c1-20-13-7-9-12(6-10(13)15(18)19)16-11-5-3-2-4-8(11)14(9)17/h2-7,9,12,16H,1H3,(H,18,19).